The maximum absolute atomic E-state index is 5.95. The highest BCUT2D eigenvalue weighted by Gasteiger charge is 2.21. The number of benzene rings is 2. The van der Waals surface area contributed by atoms with Gasteiger partial charge in [0.15, 0.2) is 0 Å². The van der Waals surface area contributed by atoms with Gasteiger partial charge >= 0.3 is 0 Å². The van der Waals surface area contributed by atoms with Crippen LogP contribution in [-0.2, 0) is 11.2 Å². The fourth-order valence-electron chi connectivity index (χ4n) is 2.72. The Morgan fingerprint density at radius 1 is 1.05 bits per heavy atom. The lowest BCUT2D eigenvalue weighted by Gasteiger charge is -2.33. The average Bonchev–Trinajstić information content (AvgIpc) is 2.55. The summed E-state index contributed by atoms with van der Waals surface area (Å²) in [5.74, 6) is 0. The Morgan fingerprint density at radius 2 is 1.81 bits per heavy atom. The molecule has 3 rings (SSSR count). The molecule has 21 heavy (non-hydrogen) atoms. The monoisotopic (exact) mass is 301 g/mol. The molecule has 1 saturated heterocycles. The molecule has 1 atom stereocenters. The minimum absolute atomic E-state index is 0.159. The van der Waals surface area contributed by atoms with E-state index in [1.54, 1.807) is 0 Å². The van der Waals surface area contributed by atoms with E-state index in [4.69, 9.17) is 16.3 Å². The van der Waals surface area contributed by atoms with E-state index in [0.717, 1.165) is 37.7 Å². The third kappa shape index (κ3) is 4.07. The molecule has 1 aliphatic heterocycles. The van der Waals surface area contributed by atoms with Crippen LogP contribution in [0.25, 0.3) is 0 Å². The van der Waals surface area contributed by atoms with Crippen molar-refractivity contribution in [1.29, 1.82) is 0 Å². The van der Waals surface area contributed by atoms with Crippen LogP contribution in [0.1, 0.15) is 17.2 Å². The molecule has 1 fully saturated rings. The zero-order valence-corrected chi connectivity index (χ0v) is 12.8. The Bertz CT molecular complexity index is 555. The highest BCUT2D eigenvalue weighted by Crippen LogP contribution is 2.23. The summed E-state index contributed by atoms with van der Waals surface area (Å²) in [5, 5.41) is 0.774. The van der Waals surface area contributed by atoms with Crippen molar-refractivity contribution in [3.63, 3.8) is 0 Å². The van der Waals surface area contributed by atoms with Crippen LogP contribution in [0.5, 0.6) is 0 Å². The lowest BCUT2D eigenvalue weighted by Crippen LogP contribution is -2.39. The second kappa shape index (κ2) is 7.08. The van der Waals surface area contributed by atoms with Crippen molar-refractivity contribution in [2.45, 2.75) is 12.5 Å². The molecule has 0 saturated carbocycles. The Balaban J connectivity index is 1.57. The largest absolute Gasteiger partial charge is 0.371 e. The van der Waals surface area contributed by atoms with Crippen LogP contribution in [0.15, 0.2) is 54.6 Å². The Kier molecular flexibility index (Phi) is 4.91. The minimum Gasteiger partial charge on any atom is -0.371 e. The van der Waals surface area contributed by atoms with E-state index in [2.05, 4.69) is 47.4 Å². The average molecular weight is 302 g/mol. The molecule has 0 N–H and O–H groups in total. The van der Waals surface area contributed by atoms with Gasteiger partial charge in [0.25, 0.3) is 0 Å². The molecule has 2 aromatic rings. The van der Waals surface area contributed by atoms with Crippen LogP contribution in [0.3, 0.4) is 0 Å². The van der Waals surface area contributed by atoms with Gasteiger partial charge in [-0.1, -0.05) is 54.1 Å². The summed E-state index contributed by atoms with van der Waals surface area (Å²) in [4.78, 5) is 2.48. The molecular weight excluding hydrogens is 282 g/mol. The third-order valence-corrected chi connectivity index (χ3v) is 4.20. The lowest BCUT2D eigenvalue weighted by molar-refractivity contribution is -0.0295. The quantitative estimate of drug-likeness (QED) is 0.847. The van der Waals surface area contributed by atoms with Crippen molar-refractivity contribution >= 4 is 11.6 Å². The zero-order chi connectivity index (χ0) is 14.5. The van der Waals surface area contributed by atoms with Crippen molar-refractivity contribution < 1.29 is 4.74 Å². The smallest absolute Gasteiger partial charge is 0.0952 e. The van der Waals surface area contributed by atoms with Gasteiger partial charge in [-0.15, -0.1) is 0 Å². The van der Waals surface area contributed by atoms with Gasteiger partial charge in [-0.2, -0.15) is 0 Å². The molecule has 0 radical (unpaired) electrons. The molecule has 110 valence electrons. The topological polar surface area (TPSA) is 12.5 Å². The van der Waals surface area contributed by atoms with E-state index >= 15 is 0 Å². The molecule has 1 aliphatic rings. The molecule has 3 heteroatoms. The van der Waals surface area contributed by atoms with E-state index in [0.29, 0.717) is 0 Å². The number of hydrogen-bond acceptors (Lipinski definition) is 2. The van der Waals surface area contributed by atoms with E-state index in [-0.39, 0.29) is 6.10 Å². The molecule has 0 spiro atoms. The number of rotatable bonds is 4. The molecule has 0 amide bonds. The van der Waals surface area contributed by atoms with Gasteiger partial charge in [0, 0.05) is 24.7 Å². The summed E-state index contributed by atoms with van der Waals surface area (Å²) < 4.78 is 5.90. The number of nitrogens with zero attached hydrogens (tertiary/aromatic N) is 1. The predicted octanol–water partition coefficient (Wildman–Crippen LogP) is 3.96. The third-order valence-electron chi connectivity index (χ3n) is 3.95. The first kappa shape index (κ1) is 14.6. The Morgan fingerprint density at radius 3 is 2.57 bits per heavy atom. The van der Waals surface area contributed by atoms with E-state index in [1.807, 2.05) is 12.1 Å². The minimum atomic E-state index is 0.159. The van der Waals surface area contributed by atoms with Crippen LogP contribution < -0.4 is 0 Å². The molecule has 0 aromatic heterocycles. The summed E-state index contributed by atoms with van der Waals surface area (Å²) in [7, 11) is 0. The Hall–Kier alpha value is -1.35. The van der Waals surface area contributed by atoms with Gasteiger partial charge in [-0.05, 0) is 29.7 Å². The van der Waals surface area contributed by atoms with Crippen LogP contribution in [0, 0.1) is 0 Å². The lowest BCUT2D eigenvalue weighted by atomic mass is 10.1. The molecular formula is C18H20ClNO. The van der Waals surface area contributed by atoms with Gasteiger partial charge in [0.05, 0.1) is 12.7 Å². The van der Waals surface area contributed by atoms with Gasteiger partial charge < -0.3 is 4.74 Å². The van der Waals surface area contributed by atoms with Gasteiger partial charge in [-0.3, -0.25) is 4.90 Å². The number of hydrogen-bond donors (Lipinski definition) is 0. The second-order valence-electron chi connectivity index (χ2n) is 5.45. The van der Waals surface area contributed by atoms with Crippen LogP contribution in [0.4, 0.5) is 0 Å². The first-order valence-corrected chi connectivity index (χ1v) is 7.82. The normalized spacial score (nSPS) is 19.6. The molecule has 1 heterocycles. The standard InChI is InChI=1S/C18H20ClNO/c19-17-8-6-16(7-9-17)18-14-20(12-13-21-18)11-10-15-4-2-1-3-5-15/h1-9,18H,10-14H2/t18-/m0/s1. The maximum Gasteiger partial charge on any atom is 0.0952 e. The van der Waals surface area contributed by atoms with Crippen LogP contribution >= 0.6 is 11.6 Å². The first-order valence-electron chi connectivity index (χ1n) is 7.44. The van der Waals surface area contributed by atoms with Gasteiger partial charge in [0.2, 0.25) is 0 Å². The van der Waals surface area contributed by atoms with Crippen molar-refractivity contribution in [2.75, 3.05) is 26.2 Å². The summed E-state index contributed by atoms with van der Waals surface area (Å²) in [6.45, 7) is 3.84. The maximum atomic E-state index is 5.95. The SMILES string of the molecule is Clc1ccc([C@@H]2CN(CCc3ccccc3)CCO2)cc1. The van der Waals surface area contributed by atoms with Crippen molar-refractivity contribution in [3.8, 4) is 0 Å². The van der Waals surface area contributed by atoms with Gasteiger partial charge in [0.1, 0.15) is 0 Å². The summed E-state index contributed by atoms with van der Waals surface area (Å²) >= 11 is 5.95. The van der Waals surface area contributed by atoms with E-state index < -0.39 is 0 Å². The second-order valence-corrected chi connectivity index (χ2v) is 5.88. The van der Waals surface area contributed by atoms with Crippen molar-refractivity contribution in [3.05, 3.63) is 70.7 Å². The number of morpholine rings is 1. The molecule has 2 aromatic carbocycles. The van der Waals surface area contributed by atoms with E-state index in [1.165, 1.54) is 11.1 Å². The molecule has 2 nitrogen and oxygen atoms in total. The van der Waals surface area contributed by atoms with Crippen LogP contribution in [0.2, 0.25) is 5.02 Å². The Labute approximate surface area is 131 Å². The molecule has 0 aliphatic carbocycles. The number of halogens is 1. The highest BCUT2D eigenvalue weighted by atomic mass is 35.5. The van der Waals surface area contributed by atoms with E-state index in [9.17, 15) is 0 Å². The van der Waals surface area contributed by atoms with Crippen molar-refractivity contribution in [1.82, 2.24) is 4.90 Å². The van der Waals surface area contributed by atoms with Crippen molar-refractivity contribution in [2.24, 2.45) is 0 Å². The fourth-order valence-corrected chi connectivity index (χ4v) is 2.84. The summed E-state index contributed by atoms with van der Waals surface area (Å²) in [5.41, 5.74) is 2.61. The molecule has 0 unspecified atom stereocenters. The van der Waals surface area contributed by atoms with Gasteiger partial charge in [-0.25, -0.2) is 0 Å². The molecule has 0 bridgehead atoms. The first-order chi connectivity index (χ1) is 10.3. The highest BCUT2D eigenvalue weighted by molar-refractivity contribution is 6.30. The predicted molar refractivity (Wildman–Crippen MR) is 86.7 cm³/mol. The summed E-state index contributed by atoms with van der Waals surface area (Å²) in [6.07, 6.45) is 1.25. The fraction of sp³-hybridized carbons (Fsp3) is 0.333. The zero-order valence-electron chi connectivity index (χ0n) is 12.0. The number of ether oxygens (including phenoxy) is 1. The van der Waals surface area contributed by atoms with Crippen LogP contribution in [-0.4, -0.2) is 31.1 Å². The summed E-state index contributed by atoms with van der Waals surface area (Å²) in [6, 6.07) is 18.6.